The van der Waals surface area contributed by atoms with Crippen molar-refractivity contribution in [2.24, 2.45) is 23.7 Å². The number of carbonyl (C=O) groups excluding carboxylic acids is 1. The Morgan fingerprint density at radius 2 is 1.90 bits per heavy atom. The van der Waals surface area contributed by atoms with E-state index < -0.39 is 5.97 Å². The van der Waals surface area contributed by atoms with Crippen LogP contribution in [0.4, 0.5) is 4.79 Å². The molecule has 3 aliphatic carbocycles. The molecule has 3 fully saturated rings. The van der Waals surface area contributed by atoms with Crippen LogP contribution in [0.1, 0.15) is 45.4 Å². The molecule has 5 atom stereocenters. The molecule has 3 rings (SSSR count). The molecule has 0 heterocycles. The van der Waals surface area contributed by atoms with E-state index in [0.29, 0.717) is 24.3 Å². The lowest BCUT2D eigenvalue weighted by molar-refractivity contribution is -0.137. The van der Waals surface area contributed by atoms with Crippen molar-refractivity contribution >= 4 is 12.0 Å². The lowest BCUT2D eigenvalue weighted by Crippen LogP contribution is -2.45. The zero-order chi connectivity index (χ0) is 14.3. The summed E-state index contributed by atoms with van der Waals surface area (Å²) in [4.78, 5) is 22.8. The first-order valence-electron chi connectivity index (χ1n) is 7.89. The average Bonchev–Trinajstić information content (AvgIpc) is 2.78. The van der Waals surface area contributed by atoms with Crippen molar-refractivity contribution < 1.29 is 14.7 Å². The Hall–Kier alpha value is -1.26. The van der Waals surface area contributed by atoms with Crippen LogP contribution in [0.3, 0.4) is 0 Å². The van der Waals surface area contributed by atoms with Gasteiger partial charge in [-0.25, -0.2) is 4.79 Å². The highest BCUT2D eigenvalue weighted by Crippen LogP contribution is 2.65. The Bertz CT molecular complexity index is 396. The van der Waals surface area contributed by atoms with Crippen molar-refractivity contribution in [2.45, 2.75) is 57.5 Å². The van der Waals surface area contributed by atoms with Gasteiger partial charge < -0.3 is 15.7 Å². The fourth-order valence-corrected chi connectivity index (χ4v) is 4.68. The van der Waals surface area contributed by atoms with Gasteiger partial charge in [0, 0.05) is 12.1 Å². The number of amides is 2. The maximum atomic E-state index is 12.0. The predicted octanol–water partition coefficient (Wildman–Crippen LogP) is 1.97. The smallest absolute Gasteiger partial charge is 0.315 e. The fraction of sp³-hybridized carbons (Fsp3) is 0.867. The van der Waals surface area contributed by atoms with E-state index in [9.17, 15) is 9.59 Å². The number of fused-ring (bicyclic) bond motifs is 5. The van der Waals surface area contributed by atoms with Crippen LogP contribution in [-0.2, 0) is 4.79 Å². The number of rotatable bonds is 6. The highest BCUT2D eigenvalue weighted by atomic mass is 16.4. The molecule has 0 aromatic heterocycles. The normalized spacial score (nSPS) is 38.1. The third kappa shape index (κ3) is 2.50. The van der Waals surface area contributed by atoms with Gasteiger partial charge in [0.15, 0.2) is 0 Å². The maximum absolute atomic E-state index is 12.0. The molecule has 0 aromatic carbocycles. The second kappa shape index (κ2) is 5.26. The highest BCUT2D eigenvalue weighted by molar-refractivity contribution is 5.76. The Morgan fingerprint density at radius 3 is 2.45 bits per heavy atom. The lowest BCUT2D eigenvalue weighted by atomic mass is 10.0. The minimum absolute atomic E-state index is 0.00400. The van der Waals surface area contributed by atoms with Crippen LogP contribution in [0.2, 0.25) is 0 Å². The molecular formula is C15H24N2O3. The highest BCUT2D eigenvalue weighted by Gasteiger charge is 2.65. The van der Waals surface area contributed by atoms with Crippen LogP contribution < -0.4 is 10.6 Å². The standard InChI is InChI=1S/C15H24N2O3/c1-2-3-10(7-11(18)19)16-15(20)17-14-12-8-4-5-9(6-8)13(12)14/h8-10,12-14H,2-7H2,1H3,(H,18,19)(H2,16,17,20). The van der Waals surface area contributed by atoms with Crippen molar-refractivity contribution in [3.63, 3.8) is 0 Å². The number of hydrogen-bond donors (Lipinski definition) is 3. The summed E-state index contributed by atoms with van der Waals surface area (Å²) in [7, 11) is 0. The molecule has 0 spiro atoms. The summed E-state index contributed by atoms with van der Waals surface area (Å²) in [5, 5.41) is 14.8. The van der Waals surface area contributed by atoms with E-state index in [-0.39, 0.29) is 18.5 Å². The first-order chi connectivity index (χ1) is 9.60. The van der Waals surface area contributed by atoms with E-state index in [1.54, 1.807) is 0 Å². The van der Waals surface area contributed by atoms with Gasteiger partial charge in [-0.3, -0.25) is 4.79 Å². The summed E-state index contributed by atoms with van der Waals surface area (Å²) in [6.45, 7) is 2.00. The van der Waals surface area contributed by atoms with E-state index in [1.165, 1.54) is 19.3 Å². The summed E-state index contributed by atoms with van der Waals surface area (Å²) >= 11 is 0. The van der Waals surface area contributed by atoms with Gasteiger partial charge in [-0.2, -0.15) is 0 Å². The molecule has 2 bridgehead atoms. The average molecular weight is 280 g/mol. The SMILES string of the molecule is CCCC(CC(=O)O)NC(=O)NC1C2C3CCC(C3)C12. The quantitative estimate of drug-likeness (QED) is 0.696. The lowest BCUT2D eigenvalue weighted by Gasteiger charge is -2.18. The fourth-order valence-electron chi connectivity index (χ4n) is 4.68. The first kappa shape index (κ1) is 13.7. The molecule has 112 valence electrons. The summed E-state index contributed by atoms with van der Waals surface area (Å²) in [6.07, 6.45) is 5.63. The number of nitrogens with one attached hydrogen (secondary N) is 2. The molecule has 5 unspecified atom stereocenters. The Labute approximate surface area is 119 Å². The van der Waals surface area contributed by atoms with Crippen molar-refractivity contribution in [1.29, 1.82) is 0 Å². The summed E-state index contributed by atoms with van der Waals surface area (Å²) in [5.74, 6) is 2.24. The molecule has 3 aliphatic rings. The molecule has 0 radical (unpaired) electrons. The Kier molecular flexibility index (Phi) is 3.61. The van der Waals surface area contributed by atoms with Crippen LogP contribution >= 0.6 is 0 Å². The van der Waals surface area contributed by atoms with E-state index in [2.05, 4.69) is 10.6 Å². The summed E-state index contributed by atoms with van der Waals surface area (Å²) in [6, 6.07) is -0.0790. The number of carboxylic acid groups (broad SMARTS) is 1. The molecule has 0 aromatic rings. The van der Waals surface area contributed by atoms with E-state index >= 15 is 0 Å². The van der Waals surface area contributed by atoms with E-state index in [1.807, 2.05) is 6.92 Å². The molecule has 5 nitrogen and oxygen atoms in total. The van der Waals surface area contributed by atoms with Crippen LogP contribution in [-0.4, -0.2) is 29.2 Å². The van der Waals surface area contributed by atoms with E-state index in [4.69, 9.17) is 5.11 Å². The van der Waals surface area contributed by atoms with E-state index in [0.717, 1.165) is 18.3 Å². The minimum atomic E-state index is -0.856. The molecule has 5 heteroatoms. The molecule has 0 saturated heterocycles. The van der Waals surface area contributed by atoms with Crippen LogP contribution in [0.15, 0.2) is 0 Å². The van der Waals surface area contributed by atoms with Gasteiger partial charge in [0.1, 0.15) is 0 Å². The van der Waals surface area contributed by atoms with Crippen molar-refractivity contribution in [3.8, 4) is 0 Å². The monoisotopic (exact) mass is 280 g/mol. The van der Waals surface area contributed by atoms with Crippen molar-refractivity contribution in [3.05, 3.63) is 0 Å². The second-order valence-electron chi connectivity index (χ2n) is 6.71. The van der Waals surface area contributed by atoms with Gasteiger partial charge in [-0.1, -0.05) is 13.3 Å². The molecular weight excluding hydrogens is 256 g/mol. The third-order valence-corrected chi connectivity index (χ3v) is 5.43. The largest absolute Gasteiger partial charge is 0.481 e. The van der Waals surface area contributed by atoms with Gasteiger partial charge >= 0.3 is 12.0 Å². The molecule has 20 heavy (non-hydrogen) atoms. The van der Waals surface area contributed by atoms with Crippen LogP contribution in [0, 0.1) is 23.7 Å². The van der Waals surface area contributed by atoms with Crippen molar-refractivity contribution in [1.82, 2.24) is 10.6 Å². The molecule has 3 N–H and O–H groups in total. The van der Waals surface area contributed by atoms with Gasteiger partial charge in [-0.05, 0) is 49.4 Å². The summed E-state index contributed by atoms with van der Waals surface area (Å²) < 4.78 is 0. The Balaban J connectivity index is 1.46. The zero-order valence-electron chi connectivity index (χ0n) is 12.0. The number of hydrogen-bond acceptors (Lipinski definition) is 2. The van der Waals surface area contributed by atoms with Gasteiger partial charge in [-0.15, -0.1) is 0 Å². The third-order valence-electron chi connectivity index (χ3n) is 5.43. The molecule has 0 aliphatic heterocycles. The second-order valence-corrected chi connectivity index (χ2v) is 6.71. The number of carbonyl (C=O) groups is 2. The predicted molar refractivity (Wildman–Crippen MR) is 74.2 cm³/mol. The number of urea groups is 1. The first-order valence-corrected chi connectivity index (χ1v) is 7.89. The topological polar surface area (TPSA) is 78.4 Å². The number of carboxylic acids is 1. The number of aliphatic carboxylic acids is 1. The van der Waals surface area contributed by atoms with Crippen LogP contribution in [0.25, 0.3) is 0 Å². The van der Waals surface area contributed by atoms with Gasteiger partial charge in [0.05, 0.1) is 6.42 Å². The van der Waals surface area contributed by atoms with Gasteiger partial charge in [0.2, 0.25) is 0 Å². The minimum Gasteiger partial charge on any atom is -0.481 e. The Morgan fingerprint density at radius 1 is 1.25 bits per heavy atom. The van der Waals surface area contributed by atoms with Crippen LogP contribution in [0.5, 0.6) is 0 Å². The maximum Gasteiger partial charge on any atom is 0.315 e. The zero-order valence-corrected chi connectivity index (χ0v) is 12.0. The summed E-state index contributed by atoms with van der Waals surface area (Å²) in [5.41, 5.74) is 0. The van der Waals surface area contributed by atoms with Crippen molar-refractivity contribution in [2.75, 3.05) is 0 Å². The van der Waals surface area contributed by atoms with Gasteiger partial charge in [0.25, 0.3) is 0 Å². The molecule has 2 amide bonds. The molecule has 3 saturated carbocycles.